The van der Waals surface area contributed by atoms with Crippen LogP contribution in [0.4, 0.5) is 0 Å². The molecule has 2 N–H and O–H groups in total. The van der Waals surface area contributed by atoms with E-state index < -0.39 is 0 Å². The van der Waals surface area contributed by atoms with E-state index in [0.717, 1.165) is 43.2 Å². The van der Waals surface area contributed by atoms with Crippen LogP contribution in [0.25, 0.3) is 0 Å². The molecule has 7 rings (SSSR count). The van der Waals surface area contributed by atoms with Crippen LogP contribution in [0, 0.1) is 69.0 Å². The molecule has 0 aliphatic heterocycles. The summed E-state index contributed by atoms with van der Waals surface area (Å²) in [4.78, 5) is 40.1. The van der Waals surface area contributed by atoms with Crippen LogP contribution in [0.15, 0.2) is 41.5 Å². The second-order valence-corrected chi connectivity index (χ2v) is 19.1. The molecule has 6 nitrogen and oxygen atoms in total. The predicted molar refractivity (Wildman–Crippen MR) is 195 cm³/mol. The molecule has 0 radical (unpaired) electrons. The lowest BCUT2D eigenvalue weighted by molar-refractivity contribution is -0.217. The number of carbonyl (C=O) groups is 3. The molecule has 5 fully saturated rings. The number of benzene rings is 1. The third-order valence-electron chi connectivity index (χ3n) is 16.2. The molecule has 50 heavy (non-hydrogen) atoms. The Morgan fingerprint density at radius 1 is 0.880 bits per heavy atom. The van der Waals surface area contributed by atoms with Gasteiger partial charge in [-0.2, -0.15) is 0 Å². The van der Waals surface area contributed by atoms with Gasteiger partial charge in [-0.25, -0.2) is 0 Å². The molecule has 0 saturated heterocycles. The molecule has 1 aromatic carbocycles. The van der Waals surface area contributed by atoms with Crippen molar-refractivity contribution in [3.8, 4) is 0 Å². The van der Waals surface area contributed by atoms with E-state index >= 15 is 0 Å². The Labute approximate surface area is 301 Å². The van der Waals surface area contributed by atoms with Crippen LogP contribution in [0.1, 0.15) is 125 Å². The van der Waals surface area contributed by atoms with Crippen molar-refractivity contribution < 1.29 is 23.9 Å². The van der Waals surface area contributed by atoms with Crippen LogP contribution in [0.3, 0.4) is 0 Å². The molecule has 11 atom stereocenters. The van der Waals surface area contributed by atoms with Gasteiger partial charge in [0, 0.05) is 17.3 Å². The SMILES string of the molecule is CC(C)C1=C2C3CCC4C(C)(CCC5C(C)(C)C(OC(=O)C6CC(C(=O)OCc7ccccc7)C6C)CCC54C)C3CCC2(CCN)CC1=O. The lowest BCUT2D eigenvalue weighted by Crippen LogP contribution is -2.63. The highest BCUT2D eigenvalue weighted by Gasteiger charge is 2.66. The van der Waals surface area contributed by atoms with Gasteiger partial charge in [-0.3, -0.25) is 14.4 Å². The van der Waals surface area contributed by atoms with Crippen LogP contribution >= 0.6 is 0 Å². The van der Waals surface area contributed by atoms with Gasteiger partial charge in [-0.05, 0) is 128 Å². The van der Waals surface area contributed by atoms with Gasteiger partial charge < -0.3 is 15.2 Å². The summed E-state index contributed by atoms with van der Waals surface area (Å²) in [6, 6.07) is 9.74. The molecule has 0 amide bonds. The summed E-state index contributed by atoms with van der Waals surface area (Å²) in [7, 11) is 0. The Bertz CT molecular complexity index is 1530. The van der Waals surface area contributed by atoms with Crippen LogP contribution in [0.2, 0.25) is 0 Å². The minimum Gasteiger partial charge on any atom is -0.462 e. The number of esters is 2. The molecule has 274 valence electrons. The maximum atomic E-state index is 13.7. The summed E-state index contributed by atoms with van der Waals surface area (Å²) in [5, 5.41) is 0. The molecule has 6 aliphatic rings. The molecule has 0 bridgehead atoms. The van der Waals surface area contributed by atoms with Gasteiger partial charge in [-0.1, -0.05) is 84.4 Å². The van der Waals surface area contributed by atoms with Crippen molar-refractivity contribution in [2.45, 2.75) is 132 Å². The van der Waals surface area contributed by atoms with Crippen LogP contribution < -0.4 is 5.73 Å². The van der Waals surface area contributed by atoms with Crippen molar-refractivity contribution in [3.63, 3.8) is 0 Å². The summed E-state index contributed by atoms with van der Waals surface area (Å²) in [6.07, 6.45) is 11.1. The average Bonchev–Trinajstić information content (AvgIpc) is 3.37. The zero-order valence-electron chi connectivity index (χ0n) is 31.9. The molecular weight excluding hydrogens is 622 g/mol. The number of hydrogen-bond donors (Lipinski definition) is 1. The number of carbonyl (C=O) groups excluding carboxylic acids is 3. The largest absolute Gasteiger partial charge is 0.462 e. The standard InChI is InChI=1S/C44H63NO5/c1-26(2)37-33(46)24-44(21-22-45)20-15-32-29(38(37)44)13-14-35-42(32,6)18-16-34-41(4,5)36(17-19-43(34,35)7)50-40(48)31-23-30(27(31)3)39(47)49-25-28-11-9-8-10-12-28/h8-12,26-27,29-32,34-36H,13-25,45H2,1-7H3. The fourth-order valence-electron chi connectivity index (χ4n) is 13.7. The maximum absolute atomic E-state index is 13.7. The molecule has 6 heteroatoms. The summed E-state index contributed by atoms with van der Waals surface area (Å²) in [5.74, 6) is 2.00. The minimum absolute atomic E-state index is 0.00125. The highest BCUT2D eigenvalue weighted by molar-refractivity contribution is 6.00. The molecule has 0 aromatic heterocycles. The van der Waals surface area contributed by atoms with Crippen molar-refractivity contribution in [1.29, 1.82) is 0 Å². The second-order valence-electron chi connectivity index (χ2n) is 19.1. The van der Waals surface area contributed by atoms with Crippen molar-refractivity contribution in [3.05, 3.63) is 47.0 Å². The van der Waals surface area contributed by atoms with Crippen molar-refractivity contribution >= 4 is 17.7 Å². The van der Waals surface area contributed by atoms with Crippen LogP contribution in [-0.4, -0.2) is 30.4 Å². The lowest BCUT2D eigenvalue weighted by Gasteiger charge is -2.69. The van der Waals surface area contributed by atoms with Crippen LogP contribution in [-0.2, 0) is 30.5 Å². The molecule has 0 heterocycles. The summed E-state index contributed by atoms with van der Waals surface area (Å²) >= 11 is 0. The third kappa shape index (κ3) is 5.47. The van der Waals surface area contributed by atoms with E-state index in [9.17, 15) is 14.4 Å². The fourth-order valence-corrected chi connectivity index (χ4v) is 13.7. The quantitative estimate of drug-likeness (QED) is 0.275. The first-order chi connectivity index (χ1) is 23.7. The zero-order valence-corrected chi connectivity index (χ0v) is 31.9. The Balaban J connectivity index is 1.03. The van der Waals surface area contributed by atoms with Gasteiger partial charge >= 0.3 is 11.9 Å². The van der Waals surface area contributed by atoms with E-state index in [1.54, 1.807) is 5.57 Å². The highest BCUT2D eigenvalue weighted by atomic mass is 16.5. The smallest absolute Gasteiger partial charge is 0.309 e. The Morgan fingerprint density at radius 2 is 1.58 bits per heavy atom. The third-order valence-corrected chi connectivity index (χ3v) is 16.2. The van der Waals surface area contributed by atoms with Gasteiger partial charge in [-0.15, -0.1) is 0 Å². The average molecular weight is 686 g/mol. The summed E-state index contributed by atoms with van der Waals surface area (Å²) in [5.41, 5.74) is 10.2. The van der Waals surface area contributed by atoms with Gasteiger partial charge in [0.1, 0.15) is 12.7 Å². The van der Waals surface area contributed by atoms with E-state index in [2.05, 4.69) is 41.5 Å². The number of Topliss-reactive ketones (excluding diaryl/α,β-unsaturated/α-hetero) is 1. The molecule has 0 spiro atoms. The number of fused-ring (bicyclic) bond motifs is 7. The molecule has 11 unspecified atom stereocenters. The van der Waals surface area contributed by atoms with Crippen molar-refractivity contribution in [2.24, 2.45) is 74.7 Å². The van der Waals surface area contributed by atoms with Gasteiger partial charge in [0.15, 0.2) is 5.78 Å². The molecule has 5 saturated carbocycles. The number of nitrogens with two attached hydrogens (primary N) is 1. The van der Waals surface area contributed by atoms with Gasteiger partial charge in [0.2, 0.25) is 0 Å². The van der Waals surface area contributed by atoms with E-state index in [4.69, 9.17) is 15.2 Å². The van der Waals surface area contributed by atoms with E-state index in [-0.39, 0.29) is 70.0 Å². The number of ether oxygens (including phenoxy) is 2. The highest BCUT2D eigenvalue weighted by Crippen LogP contribution is 2.73. The Kier molecular flexibility index (Phi) is 9.25. The fraction of sp³-hybridized carbons (Fsp3) is 0.750. The Morgan fingerprint density at radius 3 is 2.26 bits per heavy atom. The summed E-state index contributed by atoms with van der Waals surface area (Å²) < 4.78 is 12.1. The number of rotatable bonds is 8. The van der Waals surface area contributed by atoms with Crippen LogP contribution in [0.5, 0.6) is 0 Å². The monoisotopic (exact) mass is 685 g/mol. The summed E-state index contributed by atoms with van der Waals surface area (Å²) in [6.45, 7) is 17.3. The van der Waals surface area contributed by atoms with Gasteiger partial charge in [0.05, 0.1) is 11.8 Å². The topological polar surface area (TPSA) is 95.7 Å². The predicted octanol–water partition coefficient (Wildman–Crippen LogP) is 8.85. The van der Waals surface area contributed by atoms with E-state index in [0.29, 0.717) is 48.8 Å². The lowest BCUT2D eigenvalue weighted by atomic mass is 9.36. The molecular formula is C44H63NO5. The number of hydrogen-bond acceptors (Lipinski definition) is 6. The molecule has 6 aliphatic carbocycles. The zero-order chi connectivity index (χ0) is 35.8. The van der Waals surface area contributed by atoms with Gasteiger partial charge in [0.25, 0.3) is 0 Å². The van der Waals surface area contributed by atoms with Crippen molar-refractivity contribution in [1.82, 2.24) is 0 Å². The second kappa shape index (κ2) is 12.9. The maximum Gasteiger partial charge on any atom is 0.309 e. The first kappa shape index (κ1) is 35.9. The first-order valence-corrected chi connectivity index (χ1v) is 20.1. The van der Waals surface area contributed by atoms with E-state index in [1.807, 2.05) is 37.3 Å². The van der Waals surface area contributed by atoms with Crippen molar-refractivity contribution in [2.75, 3.05) is 6.54 Å². The van der Waals surface area contributed by atoms with E-state index in [1.165, 1.54) is 25.7 Å². The first-order valence-electron chi connectivity index (χ1n) is 20.1. The normalized spacial score (nSPS) is 41.7. The Hall–Kier alpha value is -2.47. The number of ketones is 1. The number of allylic oxidation sites excluding steroid dienone is 2. The minimum atomic E-state index is -0.250. The molecule has 1 aromatic rings.